The first-order chi connectivity index (χ1) is 11.7. The largest absolute Gasteiger partial charge is 0.370 e. The Hall–Kier alpha value is -1.88. The molecule has 0 aliphatic carbocycles. The van der Waals surface area contributed by atoms with Gasteiger partial charge in [-0.05, 0) is 29.8 Å². The van der Waals surface area contributed by atoms with Crippen LogP contribution in [0.4, 0.5) is 5.69 Å². The van der Waals surface area contributed by atoms with E-state index in [4.69, 9.17) is 16.3 Å². The molecule has 0 aromatic heterocycles. The third-order valence-corrected chi connectivity index (χ3v) is 4.42. The van der Waals surface area contributed by atoms with Crippen LogP contribution in [0.3, 0.4) is 0 Å². The number of carbonyl (C=O) groups is 1. The second kappa shape index (κ2) is 8.29. The highest BCUT2D eigenvalue weighted by atomic mass is 35.5. The summed E-state index contributed by atoms with van der Waals surface area (Å²) in [7, 11) is 0. The summed E-state index contributed by atoms with van der Waals surface area (Å²) in [4.78, 5) is 13.6. The van der Waals surface area contributed by atoms with Crippen LogP contribution < -0.4 is 10.2 Å². The number of nitrogens with one attached hydrogen (secondary N) is 2. The van der Waals surface area contributed by atoms with Crippen LogP contribution in [0.1, 0.15) is 11.1 Å². The Labute approximate surface area is 147 Å². The van der Waals surface area contributed by atoms with Crippen LogP contribution >= 0.6 is 11.6 Å². The maximum absolute atomic E-state index is 12.1. The molecule has 1 aliphatic rings. The molecule has 0 spiro atoms. The minimum atomic E-state index is -0.0242. The first kappa shape index (κ1) is 17.0. The van der Waals surface area contributed by atoms with Gasteiger partial charge in [-0.2, -0.15) is 0 Å². The number of carbonyl (C=O) groups excluding carboxylic acids is 1. The average Bonchev–Trinajstić information content (AvgIpc) is 2.60. The summed E-state index contributed by atoms with van der Waals surface area (Å²) in [5, 5.41) is 3.62. The Bertz CT molecular complexity index is 665. The summed E-state index contributed by atoms with van der Waals surface area (Å²) >= 11 is 5.85. The van der Waals surface area contributed by atoms with E-state index in [0.717, 1.165) is 44.1 Å². The molecule has 2 N–H and O–H groups in total. The van der Waals surface area contributed by atoms with E-state index in [-0.39, 0.29) is 5.91 Å². The number of morpholine rings is 1. The standard InChI is InChI=1S/C19H21ClN2O2/c20-17-5-1-15(2-6-17)13-19(23)21-18-7-3-16(4-8-18)14-22-9-11-24-12-10-22/h1-8H,9-14H2,(H,21,23)/p+1. The summed E-state index contributed by atoms with van der Waals surface area (Å²) < 4.78 is 5.38. The van der Waals surface area contributed by atoms with Crippen molar-refractivity contribution in [2.24, 2.45) is 0 Å². The zero-order valence-electron chi connectivity index (χ0n) is 13.6. The minimum Gasteiger partial charge on any atom is -0.370 e. The van der Waals surface area contributed by atoms with Gasteiger partial charge in [0.05, 0.1) is 19.6 Å². The molecule has 1 aliphatic heterocycles. The highest BCUT2D eigenvalue weighted by molar-refractivity contribution is 6.30. The zero-order valence-corrected chi connectivity index (χ0v) is 14.3. The van der Waals surface area contributed by atoms with E-state index in [1.165, 1.54) is 5.56 Å². The molecule has 1 saturated heterocycles. The van der Waals surface area contributed by atoms with E-state index in [0.29, 0.717) is 11.4 Å². The van der Waals surface area contributed by atoms with Gasteiger partial charge in [0, 0.05) is 16.3 Å². The molecular weight excluding hydrogens is 324 g/mol. The fraction of sp³-hybridized carbons (Fsp3) is 0.316. The number of rotatable bonds is 5. The van der Waals surface area contributed by atoms with Gasteiger partial charge in [-0.3, -0.25) is 4.79 Å². The zero-order chi connectivity index (χ0) is 16.8. The quantitative estimate of drug-likeness (QED) is 0.869. The van der Waals surface area contributed by atoms with Crippen molar-refractivity contribution in [3.05, 3.63) is 64.7 Å². The van der Waals surface area contributed by atoms with Crippen molar-refractivity contribution in [2.75, 3.05) is 31.6 Å². The number of benzene rings is 2. The van der Waals surface area contributed by atoms with Gasteiger partial charge in [0.15, 0.2) is 0 Å². The molecule has 2 aromatic rings. The highest BCUT2D eigenvalue weighted by Gasteiger charge is 2.14. The van der Waals surface area contributed by atoms with Crippen LogP contribution in [0, 0.1) is 0 Å². The van der Waals surface area contributed by atoms with E-state index in [2.05, 4.69) is 17.4 Å². The van der Waals surface area contributed by atoms with Crippen molar-refractivity contribution in [3.63, 3.8) is 0 Å². The number of halogens is 1. The number of hydrogen-bond acceptors (Lipinski definition) is 2. The van der Waals surface area contributed by atoms with Gasteiger partial charge >= 0.3 is 0 Å². The SMILES string of the molecule is O=C(Cc1ccc(Cl)cc1)Nc1ccc(C[NH+]2CCOCC2)cc1. The first-order valence-corrected chi connectivity index (χ1v) is 8.61. The van der Waals surface area contributed by atoms with E-state index < -0.39 is 0 Å². The van der Waals surface area contributed by atoms with Gasteiger partial charge in [-0.15, -0.1) is 0 Å². The summed E-state index contributed by atoms with van der Waals surface area (Å²) in [5.74, 6) is -0.0242. The van der Waals surface area contributed by atoms with Gasteiger partial charge in [0.25, 0.3) is 0 Å². The molecule has 126 valence electrons. The maximum atomic E-state index is 12.1. The molecule has 0 atom stereocenters. The second-order valence-corrected chi connectivity index (χ2v) is 6.52. The molecule has 0 unspecified atom stereocenters. The normalized spacial score (nSPS) is 15.2. The molecule has 2 aromatic carbocycles. The van der Waals surface area contributed by atoms with Gasteiger partial charge in [0.2, 0.25) is 5.91 Å². The van der Waals surface area contributed by atoms with Crippen molar-refractivity contribution in [2.45, 2.75) is 13.0 Å². The summed E-state index contributed by atoms with van der Waals surface area (Å²) in [6.07, 6.45) is 0.344. The Morgan fingerprint density at radius 2 is 1.62 bits per heavy atom. The predicted octanol–water partition coefficient (Wildman–Crippen LogP) is 1.94. The van der Waals surface area contributed by atoms with Crippen molar-refractivity contribution in [1.29, 1.82) is 0 Å². The lowest BCUT2D eigenvalue weighted by Gasteiger charge is -2.23. The van der Waals surface area contributed by atoms with E-state index >= 15 is 0 Å². The molecule has 0 bridgehead atoms. The van der Waals surface area contributed by atoms with Crippen molar-refractivity contribution >= 4 is 23.2 Å². The van der Waals surface area contributed by atoms with Gasteiger partial charge in [0.1, 0.15) is 19.6 Å². The molecule has 4 nitrogen and oxygen atoms in total. The third-order valence-electron chi connectivity index (χ3n) is 4.17. The van der Waals surface area contributed by atoms with E-state index in [9.17, 15) is 4.79 Å². The highest BCUT2D eigenvalue weighted by Crippen LogP contribution is 2.12. The molecule has 1 amide bonds. The second-order valence-electron chi connectivity index (χ2n) is 6.09. The molecular formula is C19H22ClN2O2+. The number of hydrogen-bond donors (Lipinski definition) is 2. The number of ether oxygens (including phenoxy) is 1. The lowest BCUT2D eigenvalue weighted by Crippen LogP contribution is -3.12. The van der Waals surface area contributed by atoms with Crippen LogP contribution in [0.25, 0.3) is 0 Å². The van der Waals surface area contributed by atoms with Crippen molar-refractivity contribution in [3.8, 4) is 0 Å². The lowest BCUT2D eigenvalue weighted by atomic mass is 10.1. The van der Waals surface area contributed by atoms with Crippen LogP contribution in [-0.4, -0.2) is 32.2 Å². The van der Waals surface area contributed by atoms with Gasteiger partial charge < -0.3 is 15.0 Å². The molecule has 0 radical (unpaired) electrons. The van der Waals surface area contributed by atoms with E-state index in [1.807, 2.05) is 24.3 Å². The Morgan fingerprint density at radius 1 is 1.00 bits per heavy atom. The molecule has 1 fully saturated rings. The first-order valence-electron chi connectivity index (χ1n) is 8.23. The van der Waals surface area contributed by atoms with Crippen molar-refractivity contribution < 1.29 is 14.4 Å². The van der Waals surface area contributed by atoms with E-state index in [1.54, 1.807) is 17.0 Å². The molecule has 24 heavy (non-hydrogen) atoms. The molecule has 0 saturated carbocycles. The van der Waals surface area contributed by atoms with Crippen LogP contribution in [0.15, 0.2) is 48.5 Å². The summed E-state index contributed by atoms with van der Waals surface area (Å²) in [5.41, 5.74) is 3.06. The molecule has 1 heterocycles. The minimum absolute atomic E-state index is 0.0242. The topological polar surface area (TPSA) is 42.8 Å². The summed E-state index contributed by atoms with van der Waals surface area (Å²) in [6.45, 7) is 4.80. The van der Waals surface area contributed by atoms with Crippen LogP contribution in [0.5, 0.6) is 0 Å². The van der Waals surface area contributed by atoms with Gasteiger partial charge in [-0.1, -0.05) is 35.9 Å². The van der Waals surface area contributed by atoms with Crippen LogP contribution in [0.2, 0.25) is 5.02 Å². The third kappa shape index (κ3) is 5.06. The fourth-order valence-electron chi connectivity index (χ4n) is 2.82. The smallest absolute Gasteiger partial charge is 0.228 e. The molecule has 3 rings (SSSR count). The monoisotopic (exact) mass is 345 g/mol. The number of quaternary nitrogens is 1. The Balaban J connectivity index is 1.51. The average molecular weight is 346 g/mol. The Kier molecular flexibility index (Phi) is 5.86. The van der Waals surface area contributed by atoms with Crippen LogP contribution in [-0.2, 0) is 22.5 Å². The molecule has 5 heteroatoms. The summed E-state index contributed by atoms with van der Waals surface area (Å²) in [6, 6.07) is 15.4. The fourth-order valence-corrected chi connectivity index (χ4v) is 2.95. The maximum Gasteiger partial charge on any atom is 0.228 e. The predicted molar refractivity (Wildman–Crippen MR) is 95.4 cm³/mol. The Morgan fingerprint density at radius 3 is 2.29 bits per heavy atom. The van der Waals surface area contributed by atoms with Crippen molar-refractivity contribution in [1.82, 2.24) is 0 Å². The number of amides is 1. The van der Waals surface area contributed by atoms with Gasteiger partial charge in [-0.25, -0.2) is 0 Å². The number of anilines is 1. The lowest BCUT2D eigenvalue weighted by molar-refractivity contribution is -0.921.